The van der Waals surface area contributed by atoms with Crippen LogP contribution in [0.3, 0.4) is 0 Å². The molecule has 0 aliphatic carbocycles. The largest absolute Gasteiger partial charge is 0.349 e. The van der Waals surface area contributed by atoms with Gasteiger partial charge in [-0.25, -0.2) is 0 Å². The molecule has 0 radical (unpaired) electrons. The molecule has 2 aromatic rings. The summed E-state index contributed by atoms with van der Waals surface area (Å²) in [7, 11) is 0. The molecule has 1 saturated heterocycles. The molecular weight excluding hydrogens is 391 g/mol. The number of halogens is 2. The standard InChI is InChI=1S/C23H28Cl2N2O/c1-15-4-7-21(16(2)12-15)17(3)26-23(28)18-8-10-27(11-9-18)14-19-5-6-20(24)13-22(19)25/h4-7,12-13,17-18H,8-11,14H2,1-3H3,(H,26,28). The fraction of sp³-hybridized carbons (Fsp3) is 0.435. The molecule has 1 atom stereocenters. The third-order valence-corrected chi connectivity index (χ3v) is 6.20. The highest BCUT2D eigenvalue weighted by molar-refractivity contribution is 6.35. The Morgan fingerprint density at radius 2 is 1.86 bits per heavy atom. The first-order valence-corrected chi connectivity index (χ1v) is 10.6. The van der Waals surface area contributed by atoms with Crippen molar-refractivity contribution in [3.8, 4) is 0 Å². The molecule has 1 fully saturated rings. The van der Waals surface area contributed by atoms with E-state index in [2.05, 4.69) is 49.2 Å². The van der Waals surface area contributed by atoms with Gasteiger partial charge in [-0.3, -0.25) is 9.69 Å². The number of hydrogen-bond acceptors (Lipinski definition) is 2. The van der Waals surface area contributed by atoms with Crippen molar-refractivity contribution >= 4 is 29.1 Å². The lowest BCUT2D eigenvalue weighted by Gasteiger charge is -2.32. The zero-order chi connectivity index (χ0) is 20.3. The van der Waals surface area contributed by atoms with Crippen LogP contribution >= 0.6 is 23.2 Å². The Kier molecular flexibility index (Phi) is 7.03. The minimum atomic E-state index is 0.0269. The molecule has 3 nitrogen and oxygen atoms in total. The smallest absolute Gasteiger partial charge is 0.223 e. The third-order valence-electron chi connectivity index (χ3n) is 5.62. The van der Waals surface area contributed by atoms with E-state index in [1.807, 2.05) is 12.1 Å². The van der Waals surface area contributed by atoms with Gasteiger partial charge in [0.1, 0.15) is 0 Å². The molecule has 28 heavy (non-hydrogen) atoms. The minimum absolute atomic E-state index is 0.0269. The monoisotopic (exact) mass is 418 g/mol. The van der Waals surface area contributed by atoms with E-state index in [4.69, 9.17) is 23.2 Å². The van der Waals surface area contributed by atoms with E-state index < -0.39 is 0 Å². The van der Waals surface area contributed by atoms with Crippen LogP contribution in [0.2, 0.25) is 10.0 Å². The van der Waals surface area contributed by atoms with Crippen molar-refractivity contribution in [3.63, 3.8) is 0 Å². The fourth-order valence-corrected chi connectivity index (χ4v) is 4.43. The van der Waals surface area contributed by atoms with Crippen LogP contribution < -0.4 is 5.32 Å². The van der Waals surface area contributed by atoms with Crippen molar-refractivity contribution in [2.45, 2.75) is 46.2 Å². The van der Waals surface area contributed by atoms with E-state index in [1.165, 1.54) is 16.7 Å². The number of hydrogen-bond donors (Lipinski definition) is 1. The molecular formula is C23H28Cl2N2O. The molecule has 0 spiro atoms. The van der Waals surface area contributed by atoms with Gasteiger partial charge < -0.3 is 5.32 Å². The van der Waals surface area contributed by atoms with Crippen molar-refractivity contribution < 1.29 is 4.79 Å². The van der Waals surface area contributed by atoms with Crippen molar-refractivity contribution in [1.82, 2.24) is 10.2 Å². The minimum Gasteiger partial charge on any atom is -0.349 e. The van der Waals surface area contributed by atoms with Crippen LogP contribution in [-0.2, 0) is 11.3 Å². The number of nitrogens with zero attached hydrogens (tertiary/aromatic N) is 1. The molecule has 0 saturated carbocycles. The number of piperidine rings is 1. The van der Waals surface area contributed by atoms with Gasteiger partial charge in [0.15, 0.2) is 0 Å². The second-order valence-electron chi connectivity index (χ2n) is 7.88. The van der Waals surface area contributed by atoms with Crippen LogP contribution in [0.25, 0.3) is 0 Å². The summed E-state index contributed by atoms with van der Waals surface area (Å²) >= 11 is 12.3. The highest BCUT2D eigenvalue weighted by atomic mass is 35.5. The van der Waals surface area contributed by atoms with Crippen LogP contribution in [0.4, 0.5) is 0 Å². The average molecular weight is 419 g/mol. The predicted molar refractivity (Wildman–Crippen MR) is 117 cm³/mol. The number of rotatable bonds is 5. The Morgan fingerprint density at radius 3 is 2.50 bits per heavy atom. The van der Waals surface area contributed by atoms with E-state index in [1.54, 1.807) is 6.07 Å². The third kappa shape index (κ3) is 5.28. The predicted octanol–water partition coefficient (Wildman–Crippen LogP) is 5.70. The van der Waals surface area contributed by atoms with Gasteiger partial charge in [0, 0.05) is 22.5 Å². The first-order chi connectivity index (χ1) is 13.3. The summed E-state index contributed by atoms with van der Waals surface area (Å²) in [5.41, 5.74) is 4.74. The Labute approximate surface area is 178 Å². The normalized spacial score (nSPS) is 16.8. The molecule has 0 aromatic heterocycles. The van der Waals surface area contributed by atoms with Crippen LogP contribution in [-0.4, -0.2) is 23.9 Å². The number of nitrogens with one attached hydrogen (secondary N) is 1. The maximum atomic E-state index is 12.8. The molecule has 1 aliphatic heterocycles. The second-order valence-corrected chi connectivity index (χ2v) is 8.72. The van der Waals surface area contributed by atoms with E-state index in [9.17, 15) is 4.79 Å². The van der Waals surface area contributed by atoms with Crippen molar-refractivity contribution in [2.24, 2.45) is 5.92 Å². The van der Waals surface area contributed by atoms with Crippen molar-refractivity contribution in [1.29, 1.82) is 0 Å². The molecule has 150 valence electrons. The zero-order valence-electron chi connectivity index (χ0n) is 16.8. The van der Waals surface area contributed by atoms with Gasteiger partial charge in [-0.2, -0.15) is 0 Å². The summed E-state index contributed by atoms with van der Waals surface area (Å²) in [5, 5.41) is 4.57. The molecule has 3 rings (SSSR count). The topological polar surface area (TPSA) is 32.3 Å². The summed E-state index contributed by atoms with van der Waals surface area (Å²) in [6.07, 6.45) is 1.74. The van der Waals surface area contributed by atoms with Crippen LogP contribution in [0, 0.1) is 19.8 Å². The van der Waals surface area contributed by atoms with Gasteiger partial charge in [-0.1, -0.05) is 53.0 Å². The Balaban J connectivity index is 1.52. The molecule has 5 heteroatoms. The average Bonchev–Trinajstić information content (AvgIpc) is 2.64. The van der Waals surface area contributed by atoms with E-state index in [0.717, 1.165) is 38.0 Å². The number of amides is 1. The first kappa shape index (κ1) is 21.2. The molecule has 1 unspecified atom stereocenters. The van der Waals surface area contributed by atoms with Crippen LogP contribution in [0.15, 0.2) is 36.4 Å². The van der Waals surface area contributed by atoms with Gasteiger partial charge in [-0.05, 0) is 75.5 Å². The highest BCUT2D eigenvalue weighted by Crippen LogP contribution is 2.26. The molecule has 1 N–H and O–H groups in total. The van der Waals surface area contributed by atoms with E-state index >= 15 is 0 Å². The number of benzene rings is 2. The lowest BCUT2D eigenvalue weighted by Crippen LogP contribution is -2.41. The van der Waals surface area contributed by atoms with Crippen molar-refractivity contribution in [2.75, 3.05) is 13.1 Å². The van der Waals surface area contributed by atoms with E-state index in [-0.39, 0.29) is 17.9 Å². The summed E-state index contributed by atoms with van der Waals surface area (Å²) < 4.78 is 0. The Bertz CT molecular complexity index is 844. The maximum absolute atomic E-state index is 12.8. The molecule has 2 aromatic carbocycles. The Hall–Kier alpha value is -1.55. The summed E-state index contributed by atoms with van der Waals surface area (Å²) in [5.74, 6) is 0.238. The van der Waals surface area contributed by atoms with Gasteiger partial charge >= 0.3 is 0 Å². The highest BCUT2D eigenvalue weighted by Gasteiger charge is 2.26. The van der Waals surface area contributed by atoms with Crippen LogP contribution in [0.5, 0.6) is 0 Å². The SMILES string of the molecule is Cc1ccc(C(C)NC(=O)C2CCN(Cc3ccc(Cl)cc3Cl)CC2)c(C)c1. The summed E-state index contributed by atoms with van der Waals surface area (Å²) in [6.45, 7) is 8.84. The second kappa shape index (κ2) is 9.30. The van der Waals surface area contributed by atoms with Gasteiger partial charge in [0.05, 0.1) is 6.04 Å². The maximum Gasteiger partial charge on any atom is 0.223 e. The lowest BCUT2D eigenvalue weighted by atomic mass is 9.94. The van der Waals surface area contributed by atoms with Gasteiger partial charge in [-0.15, -0.1) is 0 Å². The zero-order valence-corrected chi connectivity index (χ0v) is 18.3. The number of carbonyl (C=O) groups is 1. The molecule has 1 aliphatic rings. The summed E-state index contributed by atoms with van der Waals surface area (Å²) in [4.78, 5) is 15.1. The summed E-state index contributed by atoms with van der Waals surface area (Å²) in [6, 6.07) is 12.1. The number of aryl methyl sites for hydroxylation is 2. The first-order valence-electron chi connectivity index (χ1n) is 9.87. The molecule has 1 amide bonds. The van der Waals surface area contributed by atoms with Crippen molar-refractivity contribution in [3.05, 3.63) is 68.7 Å². The quantitative estimate of drug-likeness (QED) is 0.674. The van der Waals surface area contributed by atoms with E-state index in [0.29, 0.717) is 10.0 Å². The Morgan fingerprint density at radius 1 is 1.14 bits per heavy atom. The molecule has 0 bridgehead atoms. The lowest BCUT2D eigenvalue weighted by molar-refractivity contribution is -0.127. The van der Waals surface area contributed by atoms with Gasteiger partial charge in [0.25, 0.3) is 0 Å². The molecule has 1 heterocycles. The number of likely N-dealkylation sites (tertiary alicyclic amines) is 1. The fourth-order valence-electron chi connectivity index (χ4n) is 3.96. The van der Waals surface area contributed by atoms with Crippen LogP contribution in [0.1, 0.15) is 48.1 Å². The van der Waals surface area contributed by atoms with Gasteiger partial charge in [0.2, 0.25) is 5.91 Å². The number of carbonyl (C=O) groups excluding carboxylic acids is 1.